The van der Waals surface area contributed by atoms with Crippen molar-refractivity contribution < 1.29 is 33.6 Å². The molecule has 4 rings (SSSR count). The average molecular weight is 439 g/mol. The van der Waals surface area contributed by atoms with Crippen molar-refractivity contribution in [2.24, 2.45) is 0 Å². The maximum atomic E-state index is 13.0. The molecule has 1 amide bonds. The van der Waals surface area contributed by atoms with Crippen LogP contribution in [0.2, 0.25) is 0 Å². The van der Waals surface area contributed by atoms with E-state index in [0.29, 0.717) is 48.2 Å². The third kappa shape index (κ3) is 4.01. The molecule has 0 saturated carbocycles. The van der Waals surface area contributed by atoms with Gasteiger partial charge in [0.1, 0.15) is 24.7 Å². The molecule has 2 aliphatic heterocycles. The van der Waals surface area contributed by atoms with Gasteiger partial charge < -0.3 is 29.0 Å². The van der Waals surface area contributed by atoms with Crippen LogP contribution in [0.4, 0.5) is 0 Å². The molecular weight excluding hydrogens is 414 g/mol. The zero-order valence-corrected chi connectivity index (χ0v) is 18.0. The van der Waals surface area contributed by atoms with E-state index in [2.05, 4.69) is 0 Å². The van der Waals surface area contributed by atoms with Crippen LogP contribution < -0.4 is 14.2 Å². The summed E-state index contributed by atoms with van der Waals surface area (Å²) in [5.41, 5.74) is 1.03. The van der Waals surface area contributed by atoms with Gasteiger partial charge in [0.25, 0.3) is 11.7 Å². The molecule has 2 aromatic carbocycles. The van der Waals surface area contributed by atoms with Crippen LogP contribution >= 0.6 is 0 Å². The van der Waals surface area contributed by atoms with Crippen molar-refractivity contribution in [2.45, 2.75) is 13.0 Å². The van der Waals surface area contributed by atoms with Gasteiger partial charge in [-0.1, -0.05) is 12.1 Å². The summed E-state index contributed by atoms with van der Waals surface area (Å²) >= 11 is 0. The second-order valence-electron chi connectivity index (χ2n) is 7.35. The molecule has 8 nitrogen and oxygen atoms in total. The molecule has 0 spiro atoms. The Labute approximate surface area is 185 Å². The van der Waals surface area contributed by atoms with Crippen molar-refractivity contribution in [3.8, 4) is 17.2 Å². The highest BCUT2D eigenvalue weighted by Crippen LogP contribution is 2.41. The first-order chi connectivity index (χ1) is 15.5. The lowest BCUT2D eigenvalue weighted by Crippen LogP contribution is -2.32. The molecule has 0 radical (unpaired) electrons. The average Bonchev–Trinajstić information content (AvgIpc) is 3.07. The number of carbonyl (C=O) groups is 2. The number of likely N-dealkylation sites (tertiary alicyclic amines) is 1. The number of carbonyl (C=O) groups excluding carboxylic acids is 2. The highest BCUT2D eigenvalue weighted by Gasteiger charge is 2.46. The van der Waals surface area contributed by atoms with E-state index >= 15 is 0 Å². The summed E-state index contributed by atoms with van der Waals surface area (Å²) in [6.07, 6.45) is 0. The highest BCUT2D eigenvalue weighted by atomic mass is 16.6. The fourth-order valence-corrected chi connectivity index (χ4v) is 3.93. The number of aliphatic hydroxyl groups is 1. The Morgan fingerprint density at radius 2 is 1.91 bits per heavy atom. The Bertz CT molecular complexity index is 1060. The minimum Gasteiger partial charge on any atom is -0.507 e. The molecule has 0 aliphatic carbocycles. The first-order valence-corrected chi connectivity index (χ1v) is 10.4. The van der Waals surface area contributed by atoms with Crippen molar-refractivity contribution in [3.05, 3.63) is 59.2 Å². The molecule has 0 aromatic heterocycles. The summed E-state index contributed by atoms with van der Waals surface area (Å²) < 4.78 is 21.9. The minimum atomic E-state index is -0.779. The zero-order chi connectivity index (χ0) is 22.7. The molecule has 1 atom stereocenters. The normalized spacial score (nSPS) is 19.3. The van der Waals surface area contributed by atoms with Gasteiger partial charge >= 0.3 is 0 Å². The largest absolute Gasteiger partial charge is 0.507 e. The number of methoxy groups -OCH3 is 1. The van der Waals surface area contributed by atoms with E-state index in [9.17, 15) is 14.7 Å². The van der Waals surface area contributed by atoms with Crippen molar-refractivity contribution in [1.29, 1.82) is 0 Å². The van der Waals surface area contributed by atoms with E-state index in [0.717, 1.165) is 0 Å². The van der Waals surface area contributed by atoms with E-state index < -0.39 is 17.7 Å². The van der Waals surface area contributed by atoms with E-state index in [1.807, 2.05) is 6.92 Å². The maximum absolute atomic E-state index is 13.0. The van der Waals surface area contributed by atoms with E-state index in [1.54, 1.807) is 42.5 Å². The number of hydrogen-bond acceptors (Lipinski definition) is 7. The lowest BCUT2D eigenvalue weighted by molar-refractivity contribution is -0.140. The molecular formula is C24H25NO7. The number of benzene rings is 2. The summed E-state index contributed by atoms with van der Waals surface area (Å²) in [6.45, 7) is 3.63. The Hall–Kier alpha value is -3.52. The fraction of sp³-hybridized carbons (Fsp3) is 0.333. The molecule has 168 valence electrons. The van der Waals surface area contributed by atoms with Gasteiger partial charge in [-0.05, 0) is 42.8 Å². The van der Waals surface area contributed by atoms with Gasteiger partial charge in [0.15, 0.2) is 11.5 Å². The van der Waals surface area contributed by atoms with Crippen molar-refractivity contribution in [2.75, 3.05) is 40.1 Å². The number of aliphatic hydroxyl groups excluding tert-OH is 1. The van der Waals surface area contributed by atoms with Crippen molar-refractivity contribution in [1.82, 2.24) is 4.90 Å². The van der Waals surface area contributed by atoms with Gasteiger partial charge in [-0.3, -0.25) is 9.59 Å². The topological polar surface area (TPSA) is 94.5 Å². The molecule has 2 heterocycles. The fourth-order valence-electron chi connectivity index (χ4n) is 3.93. The number of rotatable bonds is 7. The van der Waals surface area contributed by atoms with Gasteiger partial charge in [0.05, 0.1) is 24.8 Å². The predicted molar refractivity (Wildman–Crippen MR) is 116 cm³/mol. The second-order valence-corrected chi connectivity index (χ2v) is 7.35. The van der Waals surface area contributed by atoms with Gasteiger partial charge in [-0.25, -0.2) is 0 Å². The standard InChI is InChI=1S/C24H25NO7/c1-3-30-17-6-4-5-15(13-17)21-20(23(27)24(28)25(21)9-10-29-2)22(26)16-7-8-18-19(14-16)32-12-11-31-18/h4-8,13-14,21,26H,3,9-12H2,1-2H3. The van der Waals surface area contributed by atoms with Crippen LogP contribution in [-0.4, -0.2) is 61.8 Å². The molecule has 1 saturated heterocycles. The summed E-state index contributed by atoms with van der Waals surface area (Å²) in [7, 11) is 1.52. The summed E-state index contributed by atoms with van der Waals surface area (Å²) in [5, 5.41) is 11.2. The lowest BCUT2D eigenvalue weighted by atomic mass is 9.95. The van der Waals surface area contributed by atoms with E-state index in [-0.39, 0.29) is 24.5 Å². The third-order valence-corrected chi connectivity index (χ3v) is 5.38. The van der Waals surface area contributed by atoms with Gasteiger partial charge in [0.2, 0.25) is 0 Å². The van der Waals surface area contributed by atoms with Crippen molar-refractivity contribution >= 4 is 17.4 Å². The highest BCUT2D eigenvalue weighted by molar-refractivity contribution is 6.46. The monoisotopic (exact) mass is 439 g/mol. The van der Waals surface area contributed by atoms with Crippen LogP contribution in [0, 0.1) is 0 Å². The molecule has 1 N–H and O–H groups in total. The van der Waals surface area contributed by atoms with E-state index in [4.69, 9.17) is 18.9 Å². The molecule has 8 heteroatoms. The summed E-state index contributed by atoms with van der Waals surface area (Å²) in [5.74, 6) is -0.0555. The Morgan fingerprint density at radius 3 is 2.66 bits per heavy atom. The van der Waals surface area contributed by atoms with Gasteiger partial charge in [0, 0.05) is 19.2 Å². The number of fused-ring (bicyclic) bond motifs is 1. The first-order valence-electron chi connectivity index (χ1n) is 10.4. The predicted octanol–water partition coefficient (Wildman–Crippen LogP) is 2.92. The number of nitrogens with zero attached hydrogens (tertiary/aromatic N) is 1. The summed E-state index contributed by atoms with van der Waals surface area (Å²) in [6, 6.07) is 11.3. The van der Waals surface area contributed by atoms with Crippen molar-refractivity contribution in [3.63, 3.8) is 0 Å². The molecule has 1 fully saturated rings. The smallest absolute Gasteiger partial charge is 0.295 e. The second kappa shape index (κ2) is 9.32. The maximum Gasteiger partial charge on any atom is 0.295 e. The molecule has 32 heavy (non-hydrogen) atoms. The lowest BCUT2D eigenvalue weighted by Gasteiger charge is -2.25. The quantitative estimate of drug-likeness (QED) is 0.403. The van der Waals surface area contributed by atoms with Crippen LogP contribution in [0.25, 0.3) is 5.76 Å². The van der Waals surface area contributed by atoms with Crippen LogP contribution in [0.15, 0.2) is 48.0 Å². The number of Topliss-reactive ketones (excluding diaryl/α,β-unsaturated/α-hetero) is 1. The number of ketones is 1. The number of amides is 1. The van der Waals surface area contributed by atoms with Crippen LogP contribution in [0.5, 0.6) is 17.2 Å². The van der Waals surface area contributed by atoms with Crippen LogP contribution in [0.3, 0.4) is 0 Å². The van der Waals surface area contributed by atoms with Gasteiger partial charge in [-0.15, -0.1) is 0 Å². The Morgan fingerprint density at radius 1 is 1.12 bits per heavy atom. The molecule has 2 aliphatic rings. The summed E-state index contributed by atoms with van der Waals surface area (Å²) in [4.78, 5) is 27.3. The van der Waals surface area contributed by atoms with Crippen LogP contribution in [-0.2, 0) is 14.3 Å². The molecule has 0 bridgehead atoms. The third-order valence-electron chi connectivity index (χ3n) is 5.38. The number of ether oxygens (including phenoxy) is 4. The first kappa shape index (κ1) is 21.7. The Kier molecular flexibility index (Phi) is 6.32. The van der Waals surface area contributed by atoms with Crippen LogP contribution in [0.1, 0.15) is 24.1 Å². The SMILES string of the molecule is CCOc1cccc(C2C(=C(O)c3ccc4c(c3)OCCO4)C(=O)C(=O)N2CCOC)c1. The number of hydrogen-bond donors (Lipinski definition) is 1. The Balaban J connectivity index is 1.82. The zero-order valence-electron chi connectivity index (χ0n) is 18.0. The van der Waals surface area contributed by atoms with E-state index in [1.165, 1.54) is 12.0 Å². The molecule has 1 unspecified atom stereocenters. The van der Waals surface area contributed by atoms with Gasteiger partial charge in [-0.2, -0.15) is 0 Å². The minimum absolute atomic E-state index is 0.0106. The molecule has 2 aromatic rings.